The maximum Gasteiger partial charge on any atom is 0.298 e. The lowest BCUT2D eigenvalue weighted by Crippen LogP contribution is -2.34. The van der Waals surface area contributed by atoms with Gasteiger partial charge in [-0.05, 0) is 35.4 Å². The van der Waals surface area contributed by atoms with Gasteiger partial charge >= 0.3 is 0 Å². The second kappa shape index (κ2) is 9.81. The number of nitrogens with zero attached hydrogens (tertiary/aromatic N) is 2. The zero-order chi connectivity index (χ0) is 21.4. The molecule has 0 fully saturated rings. The van der Waals surface area contributed by atoms with Gasteiger partial charge in [0.15, 0.2) is 5.78 Å². The van der Waals surface area contributed by atoms with Crippen molar-refractivity contribution < 1.29 is 22.4 Å². The number of aromatic nitrogens is 1. The van der Waals surface area contributed by atoms with Crippen LogP contribution in [0.15, 0.2) is 47.7 Å². The summed E-state index contributed by atoms with van der Waals surface area (Å²) in [5.74, 6) is -2.45. The number of rotatable bonds is 9. The number of allylic oxidation sites excluding steroid dienone is 1. The van der Waals surface area contributed by atoms with Gasteiger partial charge in [-0.1, -0.05) is 19.1 Å². The third kappa shape index (κ3) is 5.63. The normalized spacial score (nSPS) is 13.1. The number of carbonyl (C=O) groups excluding carboxylic acids is 1. The van der Waals surface area contributed by atoms with Gasteiger partial charge in [0.1, 0.15) is 23.7 Å². The molecule has 1 heterocycles. The third-order valence-electron chi connectivity index (χ3n) is 4.20. The molecule has 0 spiro atoms. The second-order valence-electron chi connectivity index (χ2n) is 6.16. The van der Waals surface area contributed by atoms with Gasteiger partial charge in [0.05, 0.1) is 5.92 Å². The van der Waals surface area contributed by atoms with E-state index in [1.54, 1.807) is 6.92 Å². The van der Waals surface area contributed by atoms with Crippen LogP contribution < -0.4 is 11.2 Å². The molecule has 0 saturated carbocycles. The summed E-state index contributed by atoms with van der Waals surface area (Å²) in [6.07, 6.45) is 5.31. The summed E-state index contributed by atoms with van der Waals surface area (Å²) >= 11 is 0. The molecule has 5 nitrogen and oxygen atoms in total. The lowest BCUT2D eigenvalue weighted by Gasteiger charge is -2.27. The van der Waals surface area contributed by atoms with Gasteiger partial charge in [-0.15, -0.1) is 0 Å². The Bertz CT molecular complexity index is 898. The van der Waals surface area contributed by atoms with Crippen LogP contribution in [-0.2, 0) is 10.7 Å². The smallest absolute Gasteiger partial charge is 0.298 e. The molecular formula is C20H20F4N4O. The van der Waals surface area contributed by atoms with Gasteiger partial charge in [-0.2, -0.15) is 13.9 Å². The van der Waals surface area contributed by atoms with Crippen molar-refractivity contribution in [1.29, 1.82) is 0 Å². The number of pyridine rings is 1. The Morgan fingerprint density at radius 1 is 1.31 bits per heavy atom. The van der Waals surface area contributed by atoms with Crippen LogP contribution in [0.1, 0.15) is 36.1 Å². The molecule has 0 aliphatic carbocycles. The fourth-order valence-corrected chi connectivity index (χ4v) is 2.63. The van der Waals surface area contributed by atoms with E-state index in [4.69, 9.17) is 5.84 Å². The first-order valence-electron chi connectivity index (χ1n) is 8.74. The molecule has 1 unspecified atom stereocenters. The number of carbonyl (C=O) groups is 1. The van der Waals surface area contributed by atoms with E-state index >= 15 is 8.78 Å². The van der Waals surface area contributed by atoms with Crippen molar-refractivity contribution in [2.24, 2.45) is 10.9 Å². The molecule has 0 aliphatic heterocycles. The Labute approximate surface area is 165 Å². The minimum Gasteiger partial charge on any atom is -0.374 e. The fraction of sp³-hybridized carbons (Fsp3) is 0.250. The molecule has 0 aliphatic rings. The van der Waals surface area contributed by atoms with Crippen molar-refractivity contribution in [2.75, 3.05) is 6.54 Å². The lowest BCUT2D eigenvalue weighted by molar-refractivity contribution is -0.114. The van der Waals surface area contributed by atoms with Gasteiger partial charge in [-0.25, -0.2) is 8.78 Å². The number of ketones is 1. The largest absolute Gasteiger partial charge is 0.374 e. The van der Waals surface area contributed by atoms with Crippen molar-refractivity contribution in [3.8, 4) is 0 Å². The van der Waals surface area contributed by atoms with E-state index < -0.39 is 35.7 Å². The van der Waals surface area contributed by atoms with E-state index in [2.05, 4.69) is 15.4 Å². The number of halogens is 4. The average Bonchev–Trinajstić information content (AvgIpc) is 2.70. The van der Waals surface area contributed by atoms with Crippen LogP contribution in [-0.4, -0.2) is 23.7 Å². The van der Waals surface area contributed by atoms with Crippen molar-refractivity contribution >= 4 is 18.2 Å². The van der Waals surface area contributed by atoms with Gasteiger partial charge in [0.25, 0.3) is 5.92 Å². The predicted molar refractivity (Wildman–Crippen MR) is 102 cm³/mol. The number of nitrogens with two attached hydrogens (primary N) is 1. The van der Waals surface area contributed by atoms with E-state index in [0.717, 1.165) is 24.5 Å². The molecule has 2 rings (SSSR count). The summed E-state index contributed by atoms with van der Waals surface area (Å²) in [5, 5.41) is 5.63. The monoisotopic (exact) mass is 408 g/mol. The maximum absolute atomic E-state index is 15.2. The average molecular weight is 408 g/mol. The van der Waals surface area contributed by atoms with Crippen molar-refractivity contribution in [3.05, 3.63) is 71.1 Å². The molecule has 1 atom stereocenters. The van der Waals surface area contributed by atoms with E-state index in [1.165, 1.54) is 24.4 Å². The summed E-state index contributed by atoms with van der Waals surface area (Å²) in [7, 11) is 0. The van der Waals surface area contributed by atoms with Crippen LogP contribution in [0.25, 0.3) is 6.08 Å². The Hall–Kier alpha value is -3.23. The van der Waals surface area contributed by atoms with Crippen molar-refractivity contribution in [1.82, 2.24) is 10.3 Å². The van der Waals surface area contributed by atoms with Crippen LogP contribution in [0.3, 0.4) is 0 Å². The van der Waals surface area contributed by atoms with E-state index in [1.807, 2.05) is 0 Å². The predicted octanol–water partition coefficient (Wildman–Crippen LogP) is 3.72. The Kier molecular flexibility index (Phi) is 7.46. The highest BCUT2D eigenvalue weighted by Gasteiger charge is 2.44. The van der Waals surface area contributed by atoms with E-state index in [9.17, 15) is 13.6 Å². The molecule has 2 aromatic rings. The summed E-state index contributed by atoms with van der Waals surface area (Å²) < 4.78 is 57.8. The minimum absolute atomic E-state index is 0.112. The number of hydrogen-bond acceptors (Lipinski definition) is 4. The first-order chi connectivity index (χ1) is 13.8. The Morgan fingerprint density at radius 2 is 2.07 bits per heavy atom. The van der Waals surface area contributed by atoms with Gasteiger partial charge < -0.3 is 11.2 Å². The highest BCUT2D eigenvalue weighted by molar-refractivity contribution is 5.93. The molecule has 0 amide bonds. The molecule has 0 bridgehead atoms. The number of nitrogens with one attached hydrogen (secondary N) is 1. The summed E-state index contributed by atoms with van der Waals surface area (Å²) in [6, 6.07) is 4.90. The minimum atomic E-state index is -3.60. The fourth-order valence-electron chi connectivity index (χ4n) is 2.63. The van der Waals surface area contributed by atoms with Gasteiger partial charge in [0, 0.05) is 25.2 Å². The van der Waals surface area contributed by atoms with Crippen molar-refractivity contribution in [3.63, 3.8) is 0 Å². The lowest BCUT2D eigenvalue weighted by atomic mass is 9.89. The molecule has 0 saturated heterocycles. The summed E-state index contributed by atoms with van der Waals surface area (Å²) in [5.41, 5.74) is -0.519. The van der Waals surface area contributed by atoms with Crippen LogP contribution >= 0.6 is 0 Å². The standard InChI is InChI=1S/C20H20F4N4O/c1-2-15(29)6-3-13-4-8-19(27-10-13)20(23,24)17(11-26-12-28-25)16-7-5-14(21)9-18(16)22/h3-10,12,17H,2,11,25H2,1H3,(H,26,28)/b6-3+. The Morgan fingerprint density at radius 3 is 2.66 bits per heavy atom. The molecule has 29 heavy (non-hydrogen) atoms. The zero-order valence-electron chi connectivity index (χ0n) is 15.6. The second-order valence-corrected chi connectivity index (χ2v) is 6.16. The third-order valence-corrected chi connectivity index (χ3v) is 4.20. The van der Waals surface area contributed by atoms with Crippen LogP contribution in [0.5, 0.6) is 0 Å². The highest BCUT2D eigenvalue weighted by atomic mass is 19.3. The van der Waals surface area contributed by atoms with E-state index in [-0.39, 0.29) is 11.3 Å². The first-order valence-corrected chi connectivity index (χ1v) is 8.74. The van der Waals surface area contributed by atoms with Crippen LogP contribution in [0, 0.1) is 11.6 Å². The quantitative estimate of drug-likeness (QED) is 0.166. The molecule has 1 aromatic carbocycles. The van der Waals surface area contributed by atoms with Gasteiger partial charge in [0.2, 0.25) is 0 Å². The summed E-state index contributed by atoms with van der Waals surface area (Å²) in [6.45, 7) is 1.28. The van der Waals surface area contributed by atoms with Crippen LogP contribution in [0.2, 0.25) is 0 Å². The maximum atomic E-state index is 15.2. The highest BCUT2D eigenvalue weighted by Crippen LogP contribution is 2.42. The van der Waals surface area contributed by atoms with Crippen molar-refractivity contribution in [2.45, 2.75) is 25.2 Å². The van der Waals surface area contributed by atoms with Gasteiger partial charge in [-0.3, -0.25) is 9.78 Å². The SMILES string of the molecule is CCC(=O)/C=C/c1ccc(C(F)(F)C(CN/C=N\N)c2ccc(F)cc2F)nc1. The number of hydrazone groups is 1. The molecule has 3 N–H and O–H groups in total. The number of hydrogen-bond donors (Lipinski definition) is 2. The molecule has 1 aromatic heterocycles. The first kappa shape index (κ1) is 22.1. The molecular weight excluding hydrogens is 388 g/mol. The van der Waals surface area contributed by atoms with Crippen LogP contribution in [0.4, 0.5) is 17.6 Å². The zero-order valence-corrected chi connectivity index (χ0v) is 15.6. The number of alkyl halides is 2. The Balaban J connectivity index is 2.37. The molecule has 0 radical (unpaired) electrons. The van der Waals surface area contributed by atoms with E-state index in [0.29, 0.717) is 18.1 Å². The molecule has 9 heteroatoms. The topological polar surface area (TPSA) is 80.4 Å². The number of benzene rings is 1. The summed E-state index contributed by atoms with van der Waals surface area (Å²) in [4.78, 5) is 15.1. The molecule has 154 valence electrons.